The minimum Gasteiger partial charge on any atom is -0.223 e. The molecule has 1 aliphatic rings. The second-order valence-corrected chi connectivity index (χ2v) is 13.6. The fourth-order valence-corrected chi connectivity index (χ4v) is 8.31. The number of halogens is 2. The fraction of sp³-hybridized carbons (Fsp3) is 0.212. The Kier molecular flexibility index (Phi) is 6.40. The molecule has 2 unspecified atom stereocenters. The van der Waals surface area contributed by atoms with Crippen molar-refractivity contribution in [1.29, 1.82) is 0 Å². The number of hydrogen-bond donors (Lipinski definition) is 0. The van der Waals surface area contributed by atoms with Gasteiger partial charge in [0.1, 0.15) is 5.82 Å². The molecule has 5 aromatic carbocycles. The van der Waals surface area contributed by atoms with E-state index in [-0.39, 0.29) is 17.7 Å². The van der Waals surface area contributed by atoms with Crippen LogP contribution in [0.5, 0.6) is 0 Å². The SMILES string of the molecule is CC(C)c1cccc(S(=O)(=O)C2CC(c3ccc(Br)cc3F)Cc3ccc4c(ccc5ccccc54)c32)c1. The monoisotopic (exact) mass is 586 g/mol. The summed E-state index contributed by atoms with van der Waals surface area (Å²) in [6, 6.07) is 28.9. The molecule has 0 heterocycles. The Labute approximate surface area is 231 Å². The van der Waals surface area contributed by atoms with Gasteiger partial charge in [0.2, 0.25) is 0 Å². The molecule has 0 fully saturated rings. The maximum atomic E-state index is 15.1. The lowest BCUT2D eigenvalue weighted by atomic mass is 9.77. The molecule has 0 saturated heterocycles. The number of hydrogen-bond acceptors (Lipinski definition) is 2. The summed E-state index contributed by atoms with van der Waals surface area (Å²) < 4.78 is 44.7. The maximum Gasteiger partial charge on any atom is 0.185 e. The third-order valence-corrected chi connectivity index (χ3v) is 10.6. The Hall–Kier alpha value is -3.02. The van der Waals surface area contributed by atoms with Crippen LogP contribution in [0.2, 0.25) is 0 Å². The minimum atomic E-state index is -3.77. The third kappa shape index (κ3) is 4.26. The Morgan fingerprint density at radius 2 is 1.63 bits per heavy atom. The molecule has 0 aromatic heterocycles. The molecule has 192 valence electrons. The van der Waals surface area contributed by atoms with E-state index in [1.807, 2.05) is 36.4 Å². The normalized spacial score (nSPS) is 17.7. The van der Waals surface area contributed by atoms with Crippen LogP contribution in [0.1, 0.15) is 59.6 Å². The quantitative estimate of drug-likeness (QED) is 0.197. The van der Waals surface area contributed by atoms with E-state index in [1.165, 1.54) is 6.07 Å². The average Bonchev–Trinajstić information content (AvgIpc) is 2.92. The van der Waals surface area contributed by atoms with Crippen molar-refractivity contribution in [2.24, 2.45) is 0 Å². The summed E-state index contributed by atoms with van der Waals surface area (Å²) in [5.41, 5.74) is 3.38. The molecule has 38 heavy (non-hydrogen) atoms. The van der Waals surface area contributed by atoms with Gasteiger partial charge in [0.05, 0.1) is 10.1 Å². The van der Waals surface area contributed by atoms with Crippen LogP contribution >= 0.6 is 15.9 Å². The van der Waals surface area contributed by atoms with Gasteiger partial charge in [-0.25, -0.2) is 12.8 Å². The van der Waals surface area contributed by atoms with E-state index in [1.54, 1.807) is 12.1 Å². The highest BCUT2D eigenvalue weighted by Gasteiger charge is 2.39. The number of sulfone groups is 1. The van der Waals surface area contributed by atoms with Crippen molar-refractivity contribution in [1.82, 2.24) is 0 Å². The van der Waals surface area contributed by atoms with Crippen molar-refractivity contribution in [2.45, 2.75) is 48.7 Å². The zero-order chi connectivity index (χ0) is 26.6. The highest BCUT2D eigenvalue weighted by molar-refractivity contribution is 9.10. The van der Waals surface area contributed by atoms with Crippen LogP contribution < -0.4 is 0 Å². The minimum absolute atomic E-state index is 0.209. The highest BCUT2D eigenvalue weighted by atomic mass is 79.9. The smallest absolute Gasteiger partial charge is 0.185 e. The van der Waals surface area contributed by atoms with Crippen LogP contribution in [-0.2, 0) is 16.3 Å². The van der Waals surface area contributed by atoms with Gasteiger partial charge in [0.15, 0.2) is 9.84 Å². The van der Waals surface area contributed by atoms with Gasteiger partial charge >= 0.3 is 0 Å². The molecule has 0 radical (unpaired) electrons. The first-order valence-electron chi connectivity index (χ1n) is 13.0. The second kappa shape index (κ2) is 9.62. The lowest BCUT2D eigenvalue weighted by Crippen LogP contribution is -2.25. The molecular weight excluding hydrogens is 559 g/mol. The first-order valence-corrected chi connectivity index (χ1v) is 15.3. The first-order chi connectivity index (χ1) is 18.2. The van der Waals surface area contributed by atoms with Crippen LogP contribution in [-0.4, -0.2) is 8.42 Å². The summed E-state index contributed by atoms with van der Waals surface area (Å²) in [6.45, 7) is 4.12. The van der Waals surface area contributed by atoms with Crippen LogP contribution in [0.4, 0.5) is 4.39 Å². The Morgan fingerprint density at radius 1 is 0.842 bits per heavy atom. The van der Waals surface area contributed by atoms with Crippen molar-refractivity contribution in [3.05, 3.63) is 124 Å². The summed E-state index contributed by atoms with van der Waals surface area (Å²) in [4.78, 5) is 0.328. The Morgan fingerprint density at radius 3 is 2.42 bits per heavy atom. The zero-order valence-electron chi connectivity index (χ0n) is 21.3. The molecule has 2 nitrogen and oxygen atoms in total. The molecule has 6 rings (SSSR count). The molecule has 0 spiro atoms. The van der Waals surface area contributed by atoms with Gasteiger partial charge in [-0.2, -0.15) is 0 Å². The van der Waals surface area contributed by atoms with E-state index in [0.717, 1.165) is 38.2 Å². The molecule has 0 saturated carbocycles. The zero-order valence-corrected chi connectivity index (χ0v) is 23.7. The molecule has 0 amide bonds. The van der Waals surface area contributed by atoms with Crippen molar-refractivity contribution >= 4 is 47.3 Å². The predicted octanol–water partition coefficient (Wildman–Crippen LogP) is 9.26. The van der Waals surface area contributed by atoms with E-state index in [9.17, 15) is 8.42 Å². The molecule has 2 atom stereocenters. The van der Waals surface area contributed by atoms with Gasteiger partial charge < -0.3 is 0 Å². The summed E-state index contributed by atoms with van der Waals surface area (Å²) >= 11 is 3.35. The van der Waals surface area contributed by atoms with E-state index in [0.29, 0.717) is 27.8 Å². The Bertz CT molecular complexity index is 1810. The van der Waals surface area contributed by atoms with Gasteiger partial charge in [-0.1, -0.05) is 96.5 Å². The van der Waals surface area contributed by atoms with Crippen LogP contribution in [0.25, 0.3) is 21.5 Å². The molecule has 0 N–H and O–H groups in total. The largest absolute Gasteiger partial charge is 0.223 e. The summed E-state index contributed by atoms with van der Waals surface area (Å²) in [6.07, 6.45) is 0.917. The number of rotatable bonds is 4. The van der Waals surface area contributed by atoms with Crippen molar-refractivity contribution in [3.63, 3.8) is 0 Å². The van der Waals surface area contributed by atoms with Gasteiger partial charge in [0.25, 0.3) is 0 Å². The third-order valence-electron chi connectivity index (χ3n) is 7.98. The number of benzene rings is 5. The van der Waals surface area contributed by atoms with Crippen LogP contribution in [0.3, 0.4) is 0 Å². The van der Waals surface area contributed by atoms with E-state index < -0.39 is 15.1 Å². The van der Waals surface area contributed by atoms with Gasteiger partial charge in [-0.05, 0) is 92.7 Å². The summed E-state index contributed by atoms with van der Waals surface area (Å²) in [7, 11) is -3.77. The van der Waals surface area contributed by atoms with E-state index >= 15 is 4.39 Å². The lowest BCUT2D eigenvalue weighted by Gasteiger charge is -2.33. The summed E-state index contributed by atoms with van der Waals surface area (Å²) in [5, 5.41) is 3.45. The predicted molar refractivity (Wildman–Crippen MR) is 157 cm³/mol. The molecule has 1 aliphatic carbocycles. The first kappa shape index (κ1) is 25.3. The van der Waals surface area contributed by atoms with Crippen LogP contribution in [0, 0.1) is 5.82 Å². The van der Waals surface area contributed by atoms with E-state index in [4.69, 9.17) is 0 Å². The Balaban J connectivity index is 1.59. The highest BCUT2D eigenvalue weighted by Crippen LogP contribution is 2.48. The maximum absolute atomic E-state index is 15.1. The van der Waals surface area contributed by atoms with Crippen LogP contribution in [0.15, 0.2) is 100 Å². The lowest BCUT2D eigenvalue weighted by molar-refractivity contribution is 0.508. The molecule has 5 heteroatoms. The van der Waals surface area contributed by atoms with Gasteiger partial charge in [-0.15, -0.1) is 0 Å². The standard InChI is InChI=1S/C33H28BrFO2S/c1-20(2)22-7-5-8-26(17-22)38(36,37)32-18-24(28-15-12-25(34)19-31(28)35)16-23-11-13-29-27-9-4-3-6-21(27)10-14-30(29)33(23)32/h3-15,17,19-20,24,32H,16,18H2,1-2H3. The van der Waals surface area contributed by atoms with Crippen molar-refractivity contribution in [2.75, 3.05) is 0 Å². The van der Waals surface area contributed by atoms with Crippen molar-refractivity contribution < 1.29 is 12.8 Å². The molecule has 5 aromatic rings. The second-order valence-electron chi connectivity index (χ2n) is 10.6. The number of fused-ring (bicyclic) bond motifs is 5. The van der Waals surface area contributed by atoms with Crippen molar-refractivity contribution in [3.8, 4) is 0 Å². The molecule has 0 bridgehead atoms. The molecule has 0 aliphatic heterocycles. The van der Waals surface area contributed by atoms with Gasteiger partial charge in [-0.3, -0.25) is 0 Å². The van der Waals surface area contributed by atoms with Gasteiger partial charge in [0, 0.05) is 4.47 Å². The fourth-order valence-electron chi connectivity index (χ4n) is 6.01. The average molecular weight is 588 g/mol. The summed E-state index contributed by atoms with van der Waals surface area (Å²) in [5.74, 6) is -0.347. The topological polar surface area (TPSA) is 34.1 Å². The molecular formula is C33H28BrFO2S. The van der Waals surface area contributed by atoms with E-state index in [2.05, 4.69) is 66.2 Å².